The molecule has 0 aliphatic heterocycles. The summed E-state index contributed by atoms with van der Waals surface area (Å²) in [6, 6.07) is 15.1. The van der Waals surface area contributed by atoms with E-state index in [1.165, 1.54) is 36.4 Å². The molecule has 0 radical (unpaired) electrons. The van der Waals surface area contributed by atoms with E-state index in [2.05, 4.69) is 20.1 Å². The van der Waals surface area contributed by atoms with Crippen molar-refractivity contribution in [2.45, 2.75) is 0 Å². The molecule has 9 nitrogen and oxygen atoms in total. The van der Waals surface area contributed by atoms with Crippen molar-refractivity contribution >= 4 is 5.69 Å². The Morgan fingerprint density at radius 3 is 1.94 bits per heavy atom. The lowest BCUT2D eigenvalue weighted by Crippen LogP contribution is -2.00. The lowest BCUT2D eigenvalue weighted by Gasteiger charge is -2.10. The van der Waals surface area contributed by atoms with E-state index in [9.17, 15) is 20.2 Å². The van der Waals surface area contributed by atoms with Gasteiger partial charge in [0, 0.05) is 23.3 Å². The molecule has 3 N–H and O–H groups in total. The van der Waals surface area contributed by atoms with E-state index in [4.69, 9.17) is 4.74 Å². The number of hydrogen-bond donors (Lipinski definition) is 3. The van der Waals surface area contributed by atoms with Gasteiger partial charge in [0.15, 0.2) is 17.5 Å². The Labute approximate surface area is 176 Å². The van der Waals surface area contributed by atoms with Gasteiger partial charge in [-0.1, -0.05) is 0 Å². The summed E-state index contributed by atoms with van der Waals surface area (Å²) in [7, 11) is 1.56. The highest BCUT2D eigenvalue weighted by atomic mass is 16.5. The molecule has 0 aliphatic carbocycles. The molecule has 3 aromatic carbocycles. The first-order valence-electron chi connectivity index (χ1n) is 9.08. The van der Waals surface area contributed by atoms with Crippen LogP contribution >= 0.6 is 0 Å². The predicted molar refractivity (Wildman–Crippen MR) is 113 cm³/mol. The van der Waals surface area contributed by atoms with Crippen LogP contribution in [-0.2, 0) is 0 Å². The average Bonchev–Trinajstić information content (AvgIpc) is 2.78. The van der Waals surface area contributed by atoms with Crippen LogP contribution in [0.3, 0.4) is 0 Å². The molecule has 0 aliphatic rings. The lowest BCUT2D eigenvalue weighted by atomic mass is 10.1. The molecule has 0 saturated heterocycles. The molecule has 4 aromatic rings. The molecule has 0 unspecified atom stereocenters. The van der Waals surface area contributed by atoms with Crippen molar-refractivity contribution in [2.75, 3.05) is 7.11 Å². The Hall–Kier alpha value is -4.53. The first-order valence-corrected chi connectivity index (χ1v) is 9.08. The van der Waals surface area contributed by atoms with Crippen molar-refractivity contribution in [2.24, 2.45) is 5.18 Å². The third-order valence-corrected chi connectivity index (χ3v) is 4.53. The Balaban J connectivity index is 1.95. The molecule has 0 bridgehead atoms. The summed E-state index contributed by atoms with van der Waals surface area (Å²) in [6.07, 6.45) is 0. The van der Waals surface area contributed by atoms with Crippen LogP contribution in [-0.4, -0.2) is 37.4 Å². The zero-order chi connectivity index (χ0) is 22.0. The number of phenolic OH excluding ortho intramolecular Hbond substituents is 3. The van der Waals surface area contributed by atoms with Crippen molar-refractivity contribution in [3.8, 4) is 57.2 Å². The minimum absolute atomic E-state index is 0.0484. The van der Waals surface area contributed by atoms with Crippen molar-refractivity contribution in [3.63, 3.8) is 0 Å². The third kappa shape index (κ3) is 3.97. The van der Waals surface area contributed by atoms with E-state index < -0.39 is 0 Å². The van der Waals surface area contributed by atoms with E-state index >= 15 is 0 Å². The van der Waals surface area contributed by atoms with Crippen molar-refractivity contribution in [1.82, 2.24) is 15.0 Å². The number of rotatable bonds is 5. The normalized spacial score (nSPS) is 10.6. The monoisotopic (exact) mass is 416 g/mol. The van der Waals surface area contributed by atoms with Crippen LogP contribution < -0.4 is 4.74 Å². The Kier molecular flexibility index (Phi) is 5.15. The molecule has 0 fully saturated rings. The van der Waals surface area contributed by atoms with Gasteiger partial charge in [-0.15, -0.1) is 4.91 Å². The molecular weight excluding hydrogens is 400 g/mol. The van der Waals surface area contributed by atoms with Gasteiger partial charge in [0.25, 0.3) is 0 Å². The molecule has 154 valence electrons. The minimum Gasteiger partial charge on any atom is -0.508 e. The van der Waals surface area contributed by atoms with Gasteiger partial charge in [-0.2, -0.15) is 0 Å². The molecule has 1 aromatic heterocycles. The molecule has 0 saturated carbocycles. The van der Waals surface area contributed by atoms with Crippen LogP contribution in [0.4, 0.5) is 5.69 Å². The second kappa shape index (κ2) is 8.07. The van der Waals surface area contributed by atoms with E-state index in [0.717, 1.165) is 0 Å². The standard InChI is InChI=1S/C22H16N4O5/c1-31-15-6-2-12(3-7-15)20-23-21(16-8-4-13(27)10-18(16)26-30)25-22(24-20)17-9-5-14(28)11-19(17)29/h2-11,27-29H,1H3. The first-order chi connectivity index (χ1) is 15.0. The summed E-state index contributed by atoms with van der Waals surface area (Å²) in [5, 5.41) is 32.5. The highest BCUT2D eigenvalue weighted by Crippen LogP contribution is 2.35. The Morgan fingerprint density at radius 1 is 0.742 bits per heavy atom. The van der Waals surface area contributed by atoms with E-state index in [1.807, 2.05) is 0 Å². The molecule has 1 heterocycles. The van der Waals surface area contributed by atoms with Gasteiger partial charge in [-0.3, -0.25) is 0 Å². The van der Waals surface area contributed by atoms with Gasteiger partial charge in [0.1, 0.15) is 28.7 Å². The molecule has 9 heteroatoms. The predicted octanol–water partition coefficient (Wildman–Crippen LogP) is 4.40. The minimum atomic E-state index is -0.225. The number of ether oxygens (including phenoxy) is 1. The molecule has 31 heavy (non-hydrogen) atoms. The topological polar surface area (TPSA) is 138 Å². The zero-order valence-corrected chi connectivity index (χ0v) is 16.2. The maximum Gasteiger partial charge on any atom is 0.167 e. The number of benzene rings is 3. The number of aromatic nitrogens is 3. The number of nitrogens with zero attached hydrogens (tertiary/aromatic N) is 4. The molecule has 0 amide bonds. The van der Waals surface area contributed by atoms with Gasteiger partial charge < -0.3 is 20.1 Å². The number of nitroso groups, excluding NO2 is 1. The maximum atomic E-state index is 11.3. The number of hydrogen-bond acceptors (Lipinski definition) is 9. The summed E-state index contributed by atoms with van der Waals surface area (Å²) in [5.74, 6) is 0.713. The lowest BCUT2D eigenvalue weighted by molar-refractivity contribution is 0.415. The van der Waals surface area contributed by atoms with Crippen molar-refractivity contribution in [1.29, 1.82) is 0 Å². The van der Waals surface area contributed by atoms with Gasteiger partial charge >= 0.3 is 0 Å². The van der Waals surface area contributed by atoms with E-state index in [-0.39, 0.29) is 51.5 Å². The molecule has 0 atom stereocenters. The fraction of sp³-hybridized carbons (Fsp3) is 0.0455. The van der Waals surface area contributed by atoms with Crippen LogP contribution in [0.2, 0.25) is 0 Å². The van der Waals surface area contributed by atoms with Crippen LogP contribution in [0.15, 0.2) is 65.8 Å². The molecular formula is C22H16N4O5. The van der Waals surface area contributed by atoms with Crippen molar-refractivity contribution in [3.05, 3.63) is 65.6 Å². The first kappa shape index (κ1) is 19.8. The van der Waals surface area contributed by atoms with Crippen LogP contribution in [0, 0.1) is 4.91 Å². The van der Waals surface area contributed by atoms with Crippen molar-refractivity contribution < 1.29 is 20.1 Å². The summed E-state index contributed by atoms with van der Waals surface area (Å²) >= 11 is 0. The van der Waals surface area contributed by atoms with Gasteiger partial charge in [-0.05, 0) is 53.7 Å². The summed E-state index contributed by atoms with van der Waals surface area (Å²) in [5.41, 5.74) is 1.14. The third-order valence-electron chi connectivity index (χ3n) is 4.53. The number of methoxy groups -OCH3 is 1. The quantitative estimate of drug-likeness (QED) is 0.407. The highest BCUT2D eigenvalue weighted by molar-refractivity contribution is 5.76. The van der Waals surface area contributed by atoms with Crippen LogP contribution in [0.1, 0.15) is 0 Å². The fourth-order valence-electron chi connectivity index (χ4n) is 2.98. The molecule has 0 spiro atoms. The van der Waals surface area contributed by atoms with Crippen LogP contribution in [0.5, 0.6) is 23.0 Å². The van der Waals surface area contributed by atoms with Gasteiger partial charge in [0.2, 0.25) is 0 Å². The van der Waals surface area contributed by atoms with Crippen LogP contribution in [0.25, 0.3) is 34.2 Å². The second-order valence-corrected chi connectivity index (χ2v) is 6.53. The smallest absolute Gasteiger partial charge is 0.167 e. The zero-order valence-electron chi connectivity index (χ0n) is 16.2. The SMILES string of the molecule is COc1ccc(-c2nc(-c3ccc(O)cc3O)nc(-c3ccc(O)cc3N=O)n2)cc1. The highest BCUT2D eigenvalue weighted by Gasteiger charge is 2.17. The molecule has 4 rings (SSSR count). The van der Waals surface area contributed by atoms with Gasteiger partial charge in [-0.25, -0.2) is 15.0 Å². The maximum absolute atomic E-state index is 11.3. The summed E-state index contributed by atoms with van der Waals surface area (Å²) in [6.45, 7) is 0. The van der Waals surface area contributed by atoms with E-state index in [1.54, 1.807) is 31.4 Å². The van der Waals surface area contributed by atoms with E-state index in [0.29, 0.717) is 11.3 Å². The Bertz CT molecular complexity index is 1280. The number of phenols is 3. The fourth-order valence-corrected chi connectivity index (χ4v) is 2.98. The van der Waals surface area contributed by atoms with Gasteiger partial charge in [0.05, 0.1) is 12.7 Å². The average molecular weight is 416 g/mol. The number of aromatic hydroxyl groups is 3. The largest absolute Gasteiger partial charge is 0.508 e. The summed E-state index contributed by atoms with van der Waals surface area (Å²) < 4.78 is 5.18. The summed E-state index contributed by atoms with van der Waals surface area (Å²) in [4.78, 5) is 24.6. The Morgan fingerprint density at radius 2 is 1.32 bits per heavy atom. The second-order valence-electron chi connectivity index (χ2n) is 6.53.